The Morgan fingerprint density at radius 3 is 2.73 bits per heavy atom. The zero-order valence-corrected chi connectivity index (χ0v) is 9.50. The van der Waals surface area contributed by atoms with Crippen molar-refractivity contribution < 1.29 is 0 Å². The number of hydrogen-bond donors (Lipinski definition) is 1. The molecule has 1 unspecified atom stereocenters. The van der Waals surface area contributed by atoms with Crippen molar-refractivity contribution in [1.82, 2.24) is 9.36 Å². The van der Waals surface area contributed by atoms with E-state index >= 15 is 0 Å². The van der Waals surface area contributed by atoms with Crippen LogP contribution in [0.4, 0.5) is 5.13 Å². The lowest BCUT2D eigenvalue weighted by Gasteiger charge is -2.14. The average Bonchev–Trinajstić information content (AvgIpc) is 2.80. The summed E-state index contributed by atoms with van der Waals surface area (Å²) in [6, 6.07) is 10.1. The quantitative estimate of drug-likeness (QED) is 0.834. The molecule has 3 nitrogen and oxygen atoms in total. The lowest BCUT2D eigenvalue weighted by molar-refractivity contribution is 0.890. The number of nitrogens with zero attached hydrogens (tertiary/aromatic N) is 2. The van der Waals surface area contributed by atoms with Crippen LogP contribution < -0.4 is 5.32 Å². The minimum atomic E-state index is 0.0841. The fraction of sp³-hybridized carbons (Fsp3) is 0.200. The van der Waals surface area contributed by atoms with Crippen molar-refractivity contribution in [2.45, 2.75) is 6.04 Å². The molecule has 0 aliphatic carbocycles. The van der Waals surface area contributed by atoms with Crippen LogP contribution in [0.3, 0.4) is 0 Å². The Hall–Kier alpha value is -1.13. The second-order valence-corrected chi connectivity index (χ2v) is 4.10. The van der Waals surface area contributed by atoms with Gasteiger partial charge in [0.15, 0.2) is 0 Å². The molecule has 0 spiro atoms. The number of aromatic nitrogens is 2. The Morgan fingerprint density at radius 2 is 2.13 bits per heavy atom. The first-order valence-electron chi connectivity index (χ1n) is 4.54. The van der Waals surface area contributed by atoms with Gasteiger partial charge in [0.25, 0.3) is 0 Å². The SMILES string of the molecule is ClCC(Nc1ncns1)c1ccccc1. The van der Waals surface area contributed by atoms with E-state index in [0.29, 0.717) is 5.88 Å². The van der Waals surface area contributed by atoms with E-state index < -0.39 is 0 Å². The predicted octanol–water partition coefficient (Wildman–Crippen LogP) is 2.93. The van der Waals surface area contributed by atoms with E-state index in [1.807, 2.05) is 30.3 Å². The van der Waals surface area contributed by atoms with Crippen LogP contribution in [0.1, 0.15) is 11.6 Å². The van der Waals surface area contributed by atoms with Crippen LogP contribution in [0.5, 0.6) is 0 Å². The van der Waals surface area contributed by atoms with Crippen LogP contribution in [0.15, 0.2) is 36.7 Å². The molecular formula is C10H10ClN3S. The van der Waals surface area contributed by atoms with Gasteiger partial charge in [-0.1, -0.05) is 30.3 Å². The molecule has 78 valence electrons. The maximum absolute atomic E-state index is 5.91. The zero-order chi connectivity index (χ0) is 10.5. The molecule has 2 rings (SSSR count). The molecule has 1 aromatic heterocycles. The van der Waals surface area contributed by atoms with E-state index in [1.54, 1.807) is 0 Å². The third-order valence-corrected chi connectivity index (χ3v) is 2.92. The second kappa shape index (κ2) is 5.09. The summed E-state index contributed by atoms with van der Waals surface area (Å²) in [6.45, 7) is 0. The molecule has 0 amide bonds. The lowest BCUT2D eigenvalue weighted by atomic mass is 10.1. The van der Waals surface area contributed by atoms with Crippen molar-refractivity contribution in [2.24, 2.45) is 0 Å². The first-order valence-corrected chi connectivity index (χ1v) is 5.85. The number of nitrogens with one attached hydrogen (secondary N) is 1. The Bertz CT molecular complexity index is 390. The fourth-order valence-corrected chi connectivity index (χ4v) is 2.02. The third kappa shape index (κ3) is 2.67. The summed E-state index contributed by atoms with van der Waals surface area (Å²) in [5.74, 6) is 0.504. The van der Waals surface area contributed by atoms with Gasteiger partial charge in [-0.05, 0) is 5.56 Å². The molecule has 1 aromatic carbocycles. The molecular weight excluding hydrogens is 230 g/mol. The van der Waals surface area contributed by atoms with Crippen molar-refractivity contribution in [3.63, 3.8) is 0 Å². The predicted molar refractivity (Wildman–Crippen MR) is 63.4 cm³/mol. The molecule has 0 bridgehead atoms. The molecule has 15 heavy (non-hydrogen) atoms. The summed E-state index contributed by atoms with van der Waals surface area (Å²) in [5.41, 5.74) is 1.16. The minimum Gasteiger partial charge on any atom is -0.352 e. The highest BCUT2D eigenvalue weighted by Gasteiger charge is 2.10. The molecule has 1 atom stereocenters. The molecule has 2 aromatic rings. The van der Waals surface area contributed by atoms with Crippen molar-refractivity contribution in [3.8, 4) is 0 Å². The smallest absolute Gasteiger partial charge is 0.202 e. The summed E-state index contributed by atoms with van der Waals surface area (Å²) in [7, 11) is 0. The summed E-state index contributed by atoms with van der Waals surface area (Å²) < 4.78 is 3.93. The fourth-order valence-electron chi connectivity index (χ4n) is 1.28. The zero-order valence-electron chi connectivity index (χ0n) is 7.93. The number of benzene rings is 1. The van der Waals surface area contributed by atoms with E-state index in [2.05, 4.69) is 14.7 Å². The van der Waals surface area contributed by atoms with Crippen LogP contribution in [0.2, 0.25) is 0 Å². The average molecular weight is 240 g/mol. The summed E-state index contributed by atoms with van der Waals surface area (Å²) in [6.07, 6.45) is 1.53. The van der Waals surface area contributed by atoms with E-state index in [0.717, 1.165) is 10.7 Å². The standard InChI is InChI=1S/C10H10ClN3S/c11-6-9(8-4-2-1-3-5-8)14-10-12-7-13-15-10/h1-5,7,9H,6H2,(H,12,13,14). The number of rotatable bonds is 4. The Labute approximate surface area is 97.3 Å². The number of anilines is 1. The second-order valence-electron chi connectivity index (χ2n) is 3.01. The topological polar surface area (TPSA) is 37.8 Å². The van der Waals surface area contributed by atoms with Gasteiger partial charge in [-0.3, -0.25) is 0 Å². The number of alkyl halides is 1. The summed E-state index contributed by atoms with van der Waals surface area (Å²) in [4.78, 5) is 4.07. The Morgan fingerprint density at radius 1 is 1.33 bits per heavy atom. The van der Waals surface area contributed by atoms with Crippen molar-refractivity contribution in [3.05, 3.63) is 42.2 Å². The van der Waals surface area contributed by atoms with Gasteiger partial charge in [-0.2, -0.15) is 4.37 Å². The van der Waals surface area contributed by atoms with E-state index in [-0.39, 0.29) is 6.04 Å². The Balaban J connectivity index is 2.12. The van der Waals surface area contributed by atoms with Gasteiger partial charge in [-0.25, -0.2) is 4.98 Å². The van der Waals surface area contributed by atoms with Gasteiger partial charge in [0.1, 0.15) is 6.33 Å². The molecule has 0 fully saturated rings. The molecule has 1 N–H and O–H groups in total. The maximum Gasteiger partial charge on any atom is 0.202 e. The van der Waals surface area contributed by atoms with Crippen molar-refractivity contribution >= 4 is 28.3 Å². The molecule has 0 radical (unpaired) electrons. The highest BCUT2D eigenvalue weighted by molar-refractivity contribution is 7.09. The van der Waals surface area contributed by atoms with Crippen LogP contribution in [-0.2, 0) is 0 Å². The van der Waals surface area contributed by atoms with Crippen LogP contribution >= 0.6 is 23.1 Å². The van der Waals surface area contributed by atoms with Crippen molar-refractivity contribution in [2.75, 3.05) is 11.2 Å². The van der Waals surface area contributed by atoms with Gasteiger partial charge in [-0.15, -0.1) is 11.6 Å². The molecule has 0 saturated carbocycles. The van der Waals surface area contributed by atoms with Crippen LogP contribution in [0.25, 0.3) is 0 Å². The van der Waals surface area contributed by atoms with Crippen LogP contribution in [-0.4, -0.2) is 15.2 Å². The first-order chi connectivity index (χ1) is 7.40. The van der Waals surface area contributed by atoms with Gasteiger partial charge >= 0.3 is 0 Å². The van der Waals surface area contributed by atoms with Gasteiger partial charge in [0, 0.05) is 17.4 Å². The molecule has 1 heterocycles. The molecule has 0 aliphatic rings. The van der Waals surface area contributed by atoms with E-state index in [4.69, 9.17) is 11.6 Å². The summed E-state index contributed by atoms with van der Waals surface area (Å²) in [5, 5.41) is 4.03. The van der Waals surface area contributed by atoms with Gasteiger partial charge in [0.05, 0.1) is 6.04 Å². The third-order valence-electron chi connectivity index (χ3n) is 2.02. The van der Waals surface area contributed by atoms with Crippen molar-refractivity contribution in [1.29, 1.82) is 0 Å². The summed E-state index contributed by atoms with van der Waals surface area (Å²) >= 11 is 7.24. The van der Waals surface area contributed by atoms with Crippen LogP contribution in [0, 0.1) is 0 Å². The minimum absolute atomic E-state index is 0.0841. The number of halogens is 1. The molecule has 0 aliphatic heterocycles. The highest BCUT2D eigenvalue weighted by atomic mass is 35.5. The van der Waals surface area contributed by atoms with E-state index in [1.165, 1.54) is 17.9 Å². The maximum atomic E-state index is 5.91. The normalized spacial score (nSPS) is 12.3. The molecule has 5 heteroatoms. The highest BCUT2D eigenvalue weighted by Crippen LogP contribution is 2.20. The first kappa shape index (κ1) is 10.4. The Kier molecular flexibility index (Phi) is 3.53. The van der Waals surface area contributed by atoms with E-state index in [9.17, 15) is 0 Å². The molecule has 0 saturated heterocycles. The number of hydrogen-bond acceptors (Lipinski definition) is 4. The van der Waals surface area contributed by atoms with Gasteiger partial charge < -0.3 is 5.32 Å². The lowest BCUT2D eigenvalue weighted by Crippen LogP contribution is -2.11. The largest absolute Gasteiger partial charge is 0.352 e. The monoisotopic (exact) mass is 239 g/mol. The van der Waals surface area contributed by atoms with Gasteiger partial charge in [0.2, 0.25) is 5.13 Å².